The highest BCUT2D eigenvalue weighted by atomic mass is 16.4. The van der Waals surface area contributed by atoms with Crippen LogP contribution in [-0.4, -0.2) is 46.0 Å². The van der Waals surface area contributed by atoms with E-state index in [1.807, 2.05) is 17.0 Å². The average Bonchev–Trinajstić information content (AvgIpc) is 2.54. The van der Waals surface area contributed by atoms with Crippen LogP contribution >= 0.6 is 0 Å². The number of hydrogen-bond acceptors (Lipinski definition) is 4. The van der Waals surface area contributed by atoms with Gasteiger partial charge in [-0.05, 0) is 18.6 Å². The molecular weight excluding hydrogens is 246 g/mol. The van der Waals surface area contributed by atoms with Crippen molar-refractivity contribution < 1.29 is 14.7 Å². The van der Waals surface area contributed by atoms with E-state index in [4.69, 9.17) is 5.11 Å². The first kappa shape index (κ1) is 13.5. The van der Waals surface area contributed by atoms with Crippen molar-refractivity contribution >= 4 is 11.9 Å². The Hall–Kier alpha value is -1.95. The second kappa shape index (κ2) is 5.79. The number of nitrogens with zero attached hydrogens (tertiary/aromatic N) is 2. The number of aromatic nitrogens is 1. The van der Waals surface area contributed by atoms with Crippen LogP contribution in [-0.2, 0) is 16.1 Å². The van der Waals surface area contributed by atoms with Crippen LogP contribution in [0.5, 0.6) is 0 Å². The Morgan fingerprint density at radius 2 is 2.42 bits per heavy atom. The number of rotatable bonds is 3. The number of pyridine rings is 1. The Labute approximate surface area is 111 Å². The monoisotopic (exact) mass is 263 g/mol. The van der Waals surface area contributed by atoms with Crippen LogP contribution in [0.15, 0.2) is 24.5 Å². The Balaban J connectivity index is 2.14. The van der Waals surface area contributed by atoms with Gasteiger partial charge in [0.15, 0.2) is 0 Å². The van der Waals surface area contributed by atoms with E-state index in [9.17, 15) is 9.59 Å². The lowest BCUT2D eigenvalue weighted by Crippen LogP contribution is -2.41. The van der Waals surface area contributed by atoms with E-state index in [-0.39, 0.29) is 18.5 Å². The van der Waals surface area contributed by atoms with Crippen LogP contribution in [0.4, 0.5) is 0 Å². The minimum atomic E-state index is -0.884. The molecule has 0 bridgehead atoms. The van der Waals surface area contributed by atoms with Gasteiger partial charge >= 0.3 is 5.97 Å². The zero-order valence-corrected chi connectivity index (χ0v) is 10.7. The lowest BCUT2D eigenvalue weighted by atomic mass is 10.1. The molecule has 2 atom stereocenters. The molecule has 1 saturated heterocycles. The van der Waals surface area contributed by atoms with Gasteiger partial charge in [0.25, 0.3) is 0 Å². The summed E-state index contributed by atoms with van der Waals surface area (Å²) in [6.45, 7) is 2.84. The number of carboxylic acid groups (broad SMARTS) is 1. The Morgan fingerprint density at radius 1 is 1.63 bits per heavy atom. The quantitative estimate of drug-likeness (QED) is 0.808. The van der Waals surface area contributed by atoms with Crippen LogP contribution in [0.1, 0.15) is 12.5 Å². The first-order valence-electron chi connectivity index (χ1n) is 6.21. The average molecular weight is 263 g/mol. The molecule has 0 spiro atoms. The van der Waals surface area contributed by atoms with Crippen LogP contribution in [0.2, 0.25) is 0 Å². The Bertz CT molecular complexity index is 463. The van der Waals surface area contributed by atoms with Crippen LogP contribution in [0.25, 0.3) is 0 Å². The van der Waals surface area contributed by atoms with Gasteiger partial charge in [0.05, 0.1) is 12.0 Å². The molecule has 1 aliphatic heterocycles. The second-order valence-electron chi connectivity index (χ2n) is 4.75. The van der Waals surface area contributed by atoms with Crippen LogP contribution in [0.3, 0.4) is 0 Å². The van der Waals surface area contributed by atoms with E-state index in [1.54, 1.807) is 19.3 Å². The van der Waals surface area contributed by atoms with Crippen molar-refractivity contribution in [3.05, 3.63) is 30.1 Å². The second-order valence-corrected chi connectivity index (χ2v) is 4.75. The third-order valence-electron chi connectivity index (χ3n) is 3.36. The van der Waals surface area contributed by atoms with E-state index in [2.05, 4.69) is 10.3 Å². The predicted molar refractivity (Wildman–Crippen MR) is 68.2 cm³/mol. The van der Waals surface area contributed by atoms with Crippen molar-refractivity contribution in [2.24, 2.45) is 5.92 Å². The van der Waals surface area contributed by atoms with Crippen molar-refractivity contribution in [3.63, 3.8) is 0 Å². The Kier molecular flexibility index (Phi) is 4.11. The van der Waals surface area contributed by atoms with Crippen LogP contribution < -0.4 is 5.32 Å². The smallest absolute Gasteiger partial charge is 0.309 e. The maximum atomic E-state index is 11.8. The summed E-state index contributed by atoms with van der Waals surface area (Å²) >= 11 is 0. The van der Waals surface area contributed by atoms with Gasteiger partial charge in [0.2, 0.25) is 5.91 Å². The maximum absolute atomic E-state index is 11.8. The fraction of sp³-hybridized carbons (Fsp3) is 0.462. The van der Waals surface area contributed by atoms with Gasteiger partial charge in [-0.1, -0.05) is 6.07 Å². The molecule has 19 heavy (non-hydrogen) atoms. The molecule has 6 heteroatoms. The summed E-state index contributed by atoms with van der Waals surface area (Å²) in [5, 5.41) is 11.8. The highest BCUT2D eigenvalue weighted by Crippen LogP contribution is 2.14. The number of hydrogen-bond donors (Lipinski definition) is 2. The Morgan fingerprint density at radius 3 is 3.05 bits per heavy atom. The summed E-state index contributed by atoms with van der Waals surface area (Å²) in [6.07, 6.45) is 3.41. The molecule has 2 heterocycles. The summed E-state index contributed by atoms with van der Waals surface area (Å²) in [7, 11) is 0. The van der Waals surface area contributed by atoms with E-state index in [0.29, 0.717) is 13.1 Å². The van der Waals surface area contributed by atoms with Crippen molar-refractivity contribution in [2.75, 3.05) is 13.1 Å². The topological polar surface area (TPSA) is 82.5 Å². The molecule has 1 amide bonds. The molecule has 2 N–H and O–H groups in total. The van der Waals surface area contributed by atoms with Gasteiger partial charge in [0.1, 0.15) is 0 Å². The summed E-state index contributed by atoms with van der Waals surface area (Å²) in [5.41, 5.74) is 0.966. The molecule has 0 saturated carbocycles. The summed E-state index contributed by atoms with van der Waals surface area (Å²) in [6, 6.07) is 3.40. The highest BCUT2D eigenvalue weighted by Gasteiger charge is 2.31. The fourth-order valence-electron chi connectivity index (χ4n) is 2.14. The zero-order valence-electron chi connectivity index (χ0n) is 10.7. The minimum absolute atomic E-state index is 0.132. The van der Waals surface area contributed by atoms with Crippen molar-refractivity contribution in [1.82, 2.24) is 15.2 Å². The summed E-state index contributed by atoms with van der Waals surface area (Å²) in [5.74, 6) is -1.59. The van der Waals surface area contributed by atoms with Crippen molar-refractivity contribution in [2.45, 2.75) is 19.5 Å². The van der Waals surface area contributed by atoms with Gasteiger partial charge in [-0.3, -0.25) is 19.5 Å². The molecule has 1 fully saturated rings. The third-order valence-corrected chi connectivity index (χ3v) is 3.36. The SMILES string of the molecule is CC1C(=O)NCC(C(=O)O)CN1Cc1cccnc1. The molecule has 0 aliphatic carbocycles. The maximum Gasteiger partial charge on any atom is 0.309 e. The fourth-order valence-corrected chi connectivity index (χ4v) is 2.14. The molecule has 2 unspecified atom stereocenters. The minimum Gasteiger partial charge on any atom is -0.481 e. The van der Waals surface area contributed by atoms with Gasteiger partial charge in [-0.15, -0.1) is 0 Å². The molecule has 1 aromatic rings. The molecular formula is C13H17N3O3. The first-order chi connectivity index (χ1) is 9.08. The van der Waals surface area contributed by atoms with E-state index in [0.717, 1.165) is 5.56 Å². The molecule has 1 aromatic heterocycles. The standard InChI is InChI=1S/C13H17N3O3/c1-9-12(17)15-6-11(13(18)19)8-16(9)7-10-3-2-4-14-5-10/h2-5,9,11H,6-8H2,1H3,(H,15,17)(H,18,19). The molecule has 0 aromatic carbocycles. The lowest BCUT2D eigenvalue weighted by molar-refractivity contribution is -0.142. The number of aliphatic carboxylic acids is 1. The van der Waals surface area contributed by atoms with E-state index in [1.165, 1.54) is 0 Å². The van der Waals surface area contributed by atoms with Gasteiger partial charge in [-0.25, -0.2) is 0 Å². The number of carbonyl (C=O) groups excluding carboxylic acids is 1. The number of carbonyl (C=O) groups is 2. The van der Waals surface area contributed by atoms with Gasteiger partial charge in [-0.2, -0.15) is 0 Å². The molecule has 1 aliphatic rings. The van der Waals surface area contributed by atoms with Gasteiger partial charge < -0.3 is 10.4 Å². The molecule has 102 valence electrons. The van der Waals surface area contributed by atoms with Crippen molar-refractivity contribution in [1.29, 1.82) is 0 Å². The predicted octanol–water partition coefficient (Wildman–Crippen LogP) is 0.103. The first-order valence-corrected chi connectivity index (χ1v) is 6.21. The van der Waals surface area contributed by atoms with Crippen LogP contribution in [0, 0.1) is 5.92 Å². The summed E-state index contributed by atoms with van der Waals surface area (Å²) in [4.78, 5) is 28.9. The molecule has 0 radical (unpaired) electrons. The van der Waals surface area contributed by atoms with Crippen molar-refractivity contribution in [3.8, 4) is 0 Å². The number of amides is 1. The third kappa shape index (κ3) is 3.29. The molecule has 6 nitrogen and oxygen atoms in total. The van der Waals surface area contributed by atoms with E-state index >= 15 is 0 Å². The molecule has 2 rings (SSSR count). The zero-order chi connectivity index (χ0) is 13.8. The normalized spacial score (nSPS) is 24.6. The summed E-state index contributed by atoms with van der Waals surface area (Å²) < 4.78 is 0. The van der Waals surface area contributed by atoms with E-state index < -0.39 is 11.9 Å². The number of carboxylic acids is 1. The largest absolute Gasteiger partial charge is 0.481 e. The van der Waals surface area contributed by atoms with Gasteiger partial charge in [0, 0.05) is 32.0 Å². The lowest BCUT2D eigenvalue weighted by Gasteiger charge is -2.26. The highest BCUT2D eigenvalue weighted by molar-refractivity contribution is 5.82. The number of nitrogens with one attached hydrogen (secondary N) is 1.